The minimum atomic E-state index is -0.176. The molecule has 0 saturated heterocycles. The highest BCUT2D eigenvalue weighted by Crippen LogP contribution is 2.32. The van der Waals surface area contributed by atoms with Crippen molar-refractivity contribution < 1.29 is 14.4 Å². The summed E-state index contributed by atoms with van der Waals surface area (Å²) in [5.74, 6) is -0.331. The predicted octanol–water partition coefficient (Wildman–Crippen LogP) is 2.60. The summed E-state index contributed by atoms with van der Waals surface area (Å²) in [5.41, 5.74) is 1.27. The molecule has 4 nitrogen and oxygen atoms in total. The Morgan fingerprint density at radius 3 is 2.29 bits per heavy atom. The van der Waals surface area contributed by atoms with Crippen LogP contribution in [0.3, 0.4) is 0 Å². The Morgan fingerprint density at radius 2 is 1.71 bits per heavy atom. The first-order valence-electron chi connectivity index (χ1n) is 6.73. The monoisotopic (exact) mass is 303 g/mol. The summed E-state index contributed by atoms with van der Waals surface area (Å²) in [6.07, 6.45) is 0. The molecule has 0 aromatic heterocycles. The number of Topliss-reactive ketones (excluding diaryl/α,β-unsaturated/α-hetero) is 2. The second-order valence-electron chi connectivity index (χ2n) is 5.17. The summed E-state index contributed by atoms with van der Waals surface area (Å²) in [6, 6.07) is 6.84. The number of thioether (sulfide) groups is 1. The predicted molar refractivity (Wildman–Crippen MR) is 83.5 cm³/mol. The highest BCUT2D eigenvalue weighted by atomic mass is 32.2. The smallest absolute Gasteiger partial charge is 0.230 e. The summed E-state index contributed by atoms with van der Waals surface area (Å²) in [5, 5.41) is 2.76. The van der Waals surface area contributed by atoms with Gasteiger partial charge in [0.25, 0.3) is 0 Å². The van der Waals surface area contributed by atoms with Crippen LogP contribution in [0.15, 0.2) is 34.7 Å². The Bertz CT molecular complexity index is 647. The first-order chi connectivity index (χ1) is 9.91. The van der Waals surface area contributed by atoms with Crippen molar-refractivity contribution in [3.63, 3.8) is 0 Å². The highest BCUT2D eigenvalue weighted by molar-refractivity contribution is 8.04. The first-order valence-corrected chi connectivity index (χ1v) is 7.72. The molecule has 0 spiro atoms. The number of fused-ring (bicyclic) bond motifs is 1. The van der Waals surface area contributed by atoms with E-state index in [-0.39, 0.29) is 29.3 Å². The molecule has 0 radical (unpaired) electrons. The summed E-state index contributed by atoms with van der Waals surface area (Å²) in [7, 11) is 0. The molecular weight excluding hydrogens is 286 g/mol. The number of ketones is 2. The van der Waals surface area contributed by atoms with Gasteiger partial charge in [-0.3, -0.25) is 14.4 Å². The Kier molecular flexibility index (Phi) is 4.63. The molecule has 0 unspecified atom stereocenters. The Morgan fingerprint density at radius 1 is 1.14 bits per heavy atom. The fourth-order valence-corrected chi connectivity index (χ4v) is 3.06. The van der Waals surface area contributed by atoms with Gasteiger partial charge in [-0.15, -0.1) is 11.8 Å². The van der Waals surface area contributed by atoms with Gasteiger partial charge in [-0.25, -0.2) is 0 Å². The molecule has 2 rings (SSSR count). The van der Waals surface area contributed by atoms with Crippen molar-refractivity contribution in [2.45, 2.75) is 26.8 Å². The van der Waals surface area contributed by atoms with Crippen molar-refractivity contribution in [3.05, 3.63) is 45.9 Å². The van der Waals surface area contributed by atoms with Gasteiger partial charge in [-0.05, 0) is 20.8 Å². The summed E-state index contributed by atoms with van der Waals surface area (Å²) in [6.45, 7) is 5.39. The largest absolute Gasteiger partial charge is 0.353 e. The maximum atomic E-state index is 12.4. The van der Waals surface area contributed by atoms with Crippen molar-refractivity contribution in [1.82, 2.24) is 5.32 Å². The SMILES string of the molecule is CC1=C(SCC(=O)NC(C)C)C(=O)c2ccccc2C1=O. The van der Waals surface area contributed by atoms with Crippen LogP contribution in [0.5, 0.6) is 0 Å². The van der Waals surface area contributed by atoms with Gasteiger partial charge in [0.2, 0.25) is 11.7 Å². The molecule has 0 heterocycles. The number of hydrogen-bond donors (Lipinski definition) is 1. The number of benzene rings is 1. The second kappa shape index (κ2) is 6.26. The summed E-state index contributed by atoms with van der Waals surface area (Å²) >= 11 is 1.13. The van der Waals surface area contributed by atoms with Crippen LogP contribution >= 0.6 is 11.8 Å². The Balaban J connectivity index is 2.20. The lowest BCUT2D eigenvalue weighted by Crippen LogP contribution is -2.32. The van der Waals surface area contributed by atoms with Crippen molar-refractivity contribution in [3.8, 4) is 0 Å². The number of hydrogen-bond acceptors (Lipinski definition) is 4. The maximum absolute atomic E-state index is 12.4. The van der Waals surface area contributed by atoms with Crippen molar-refractivity contribution in [2.24, 2.45) is 0 Å². The van der Waals surface area contributed by atoms with E-state index < -0.39 is 0 Å². The number of rotatable bonds is 4. The second-order valence-corrected chi connectivity index (χ2v) is 6.15. The van der Waals surface area contributed by atoms with Crippen LogP contribution in [-0.2, 0) is 4.79 Å². The molecule has 0 aliphatic heterocycles. The van der Waals surface area contributed by atoms with E-state index in [1.54, 1.807) is 31.2 Å². The van der Waals surface area contributed by atoms with Crippen LogP contribution in [0.2, 0.25) is 0 Å². The highest BCUT2D eigenvalue weighted by Gasteiger charge is 2.30. The van der Waals surface area contributed by atoms with E-state index in [4.69, 9.17) is 0 Å². The number of allylic oxidation sites excluding steroid dienone is 2. The molecule has 0 fully saturated rings. The normalized spacial score (nSPS) is 14.5. The van der Waals surface area contributed by atoms with Gasteiger partial charge >= 0.3 is 0 Å². The third kappa shape index (κ3) is 3.24. The van der Waals surface area contributed by atoms with E-state index in [1.807, 2.05) is 13.8 Å². The van der Waals surface area contributed by atoms with E-state index in [9.17, 15) is 14.4 Å². The van der Waals surface area contributed by atoms with Gasteiger partial charge in [0.1, 0.15) is 0 Å². The first kappa shape index (κ1) is 15.5. The third-order valence-corrected chi connectivity index (χ3v) is 4.29. The van der Waals surface area contributed by atoms with Crippen LogP contribution in [0, 0.1) is 0 Å². The molecule has 0 bridgehead atoms. The van der Waals surface area contributed by atoms with Crippen LogP contribution in [0.1, 0.15) is 41.5 Å². The lowest BCUT2D eigenvalue weighted by atomic mass is 9.90. The number of amides is 1. The van der Waals surface area contributed by atoms with Gasteiger partial charge in [-0.2, -0.15) is 0 Å². The lowest BCUT2D eigenvalue weighted by molar-refractivity contribution is -0.119. The Labute approximate surface area is 128 Å². The van der Waals surface area contributed by atoms with E-state index in [1.165, 1.54) is 0 Å². The molecule has 5 heteroatoms. The van der Waals surface area contributed by atoms with Crippen molar-refractivity contribution >= 4 is 29.2 Å². The van der Waals surface area contributed by atoms with Gasteiger partial charge < -0.3 is 5.32 Å². The maximum Gasteiger partial charge on any atom is 0.230 e. The van der Waals surface area contributed by atoms with Gasteiger partial charge in [0.05, 0.1) is 10.7 Å². The molecular formula is C16H17NO3S. The standard InChI is InChI=1S/C16H17NO3S/c1-9(2)17-13(18)8-21-16-10(3)14(19)11-6-4-5-7-12(11)15(16)20/h4-7,9H,8H2,1-3H3,(H,17,18). The van der Waals surface area contributed by atoms with Gasteiger partial charge in [0, 0.05) is 22.7 Å². The quantitative estimate of drug-likeness (QED) is 0.928. The Hall–Kier alpha value is -1.88. The number of carbonyl (C=O) groups excluding carboxylic acids is 3. The van der Waals surface area contributed by atoms with Gasteiger partial charge in [0.15, 0.2) is 5.78 Å². The molecule has 1 aliphatic rings. The van der Waals surface area contributed by atoms with E-state index in [2.05, 4.69) is 5.32 Å². The molecule has 110 valence electrons. The van der Waals surface area contributed by atoms with Crippen LogP contribution in [0.25, 0.3) is 0 Å². The average molecular weight is 303 g/mol. The topological polar surface area (TPSA) is 63.2 Å². The molecule has 21 heavy (non-hydrogen) atoms. The molecule has 1 aromatic carbocycles. The van der Waals surface area contributed by atoms with E-state index in [0.717, 1.165) is 11.8 Å². The molecule has 0 atom stereocenters. The molecule has 1 aromatic rings. The number of carbonyl (C=O) groups is 3. The zero-order chi connectivity index (χ0) is 15.6. The average Bonchev–Trinajstić information content (AvgIpc) is 2.44. The van der Waals surface area contributed by atoms with Crippen LogP contribution < -0.4 is 5.32 Å². The van der Waals surface area contributed by atoms with E-state index >= 15 is 0 Å². The summed E-state index contributed by atoms with van der Waals surface area (Å²) in [4.78, 5) is 36.8. The zero-order valence-corrected chi connectivity index (χ0v) is 13.0. The minimum Gasteiger partial charge on any atom is -0.353 e. The van der Waals surface area contributed by atoms with Crippen LogP contribution in [0.4, 0.5) is 0 Å². The molecule has 1 N–H and O–H groups in total. The fraction of sp³-hybridized carbons (Fsp3) is 0.312. The number of nitrogens with one attached hydrogen (secondary N) is 1. The van der Waals surface area contributed by atoms with Gasteiger partial charge in [-0.1, -0.05) is 24.3 Å². The van der Waals surface area contributed by atoms with E-state index in [0.29, 0.717) is 21.6 Å². The zero-order valence-electron chi connectivity index (χ0n) is 12.2. The summed E-state index contributed by atoms with van der Waals surface area (Å²) < 4.78 is 0. The molecule has 0 saturated carbocycles. The van der Waals surface area contributed by atoms with Crippen molar-refractivity contribution in [1.29, 1.82) is 0 Å². The molecule has 1 aliphatic carbocycles. The van der Waals surface area contributed by atoms with Crippen LogP contribution in [-0.4, -0.2) is 29.3 Å². The minimum absolute atomic E-state index is 0.0533. The third-order valence-electron chi connectivity index (χ3n) is 3.10. The fourth-order valence-electron chi connectivity index (χ4n) is 2.15. The van der Waals surface area contributed by atoms with Crippen molar-refractivity contribution in [2.75, 3.05) is 5.75 Å². The lowest BCUT2D eigenvalue weighted by Gasteiger charge is -2.18. The molecule has 1 amide bonds.